The first-order chi connectivity index (χ1) is 14.9. The maximum Gasteiger partial charge on any atom is 0.261 e. The molecule has 0 fully saturated rings. The maximum atomic E-state index is 13.1. The summed E-state index contributed by atoms with van der Waals surface area (Å²) in [7, 11) is 0. The lowest BCUT2D eigenvalue weighted by Crippen LogP contribution is -2.51. The van der Waals surface area contributed by atoms with Gasteiger partial charge in [0.05, 0.1) is 0 Å². The fourth-order valence-corrected chi connectivity index (χ4v) is 3.37. The minimum absolute atomic E-state index is 0.0891. The van der Waals surface area contributed by atoms with Crippen molar-refractivity contribution in [3.05, 3.63) is 65.7 Å². The van der Waals surface area contributed by atoms with E-state index < -0.39 is 6.04 Å². The number of hydrogen-bond donors (Lipinski definition) is 1. The Morgan fingerprint density at radius 1 is 0.968 bits per heavy atom. The van der Waals surface area contributed by atoms with Crippen LogP contribution in [-0.2, 0) is 22.4 Å². The van der Waals surface area contributed by atoms with Crippen LogP contribution in [0.4, 0.5) is 0 Å². The average molecular weight is 425 g/mol. The van der Waals surface area contributed by atoms with E-state index in [0.717, 1.165) is 12.0 Å². The van der Waals surface area contributed by atoms with E-state index in [-0.39, 0.29) is 18.4 Å². The summed E-state index contributed by atoms with van der Waals surface area (Å²) in [5, 5.41) is 2.98. The normalized spacial score (nSPS) is 11.8. The monoisotopic (exact) mass is 424 g/mol. The van der Waals surface area contributed by atoms with E-state index in [1.807, 2.05) is 61.5 Å². The molecule has 5 heteroatoms. The van der Waals surface area contributed by atoms with Crippen LogP contribution in [0, 0.1) is 5.92 Å². The van der Waals surface area contributed by atoms with E-state index in [4.69, 9.17) is 4.74 Å². The molecule has 1 N–H and O–H groups in total. The Balaban J connectivity index is 2.09. The molecule has 0 aliphatic carbocycles. The van der Waals surface area contributed by atoms with E-state index in [9.17, 15) is 9.59 Å². The molecule has 0 bridgehead atoms. The zero-order valence-corrected chi connectivity index (χ0v) is 19.3. The predicted molar refractivity (Wildman–Crippen MR) is 125 cm³/mol. The second kappa shape index (κ2) is 12.8. The first-order valence-corrected chi connectivity index (χ1v) is 11.3. The van der Waals surface area contributed by atoms with Gasteiger partial charge in [-0.05, 0) is 48.4 Å². The van der Waals surface area contributed by atoms with Crippen LogP contribution in [0.3, 0.4) is 0 Å². The molecule has 0 radical (unpaired) electrons. The fourth-order valence-electron chi connectivity index (χ4n) is 3.37. The van der Waals surface area contributed by atoms with Crippen molar-refractivity contribution in [1.82, 2.24) is 10.2 Å². The van der Waals surface area contributed by atoms with Crippen LogP contribution in [0.5, 0.6) is 5.75 Å². The van der Waals surface area contributed by atoms with Crippen LogP contribution in [0.2, 0.25) is 0 Å². The largest absolute Gasteiger partial charge is 0.484 e. The Morgan fingerprint density at radius 2 is 1.65 bits per heavy atom. The van der Waals surface area contributed by atoms with Crippen LogP contribution in [0.1, 0.15) is 45.2 Å². The van der Waals surface area contributed by atoms with Gasteiger partial charge in [0.25, 0.3) is 5.91 Å². The molecular formula is C26H36N2O3. The molecule has 0 spiro atoms. The molecular weight excluding hydrogens is 388 g/mol. The number of nitrogens with one attached hydrogen (secondary N) is 1. The number of amides is 2. The Bertz CT molecular complexity index is 803. The Kier molecular flexibility index (Phi) is 10.1. The maximum absolute atomic E-state index is 13.1. The zero-order valence-electron chi connectivity index (χ0n) is 19.3. The molecule has 2 amide bonds. The minimum Gasteiger partial charge on any atom is -0.484 e. The van der Waals surface area contributed by atoms with E-state index in [0.29, 0.717) is 37.6 Å². The molecule has 2 rings (SSSR count). The van der Waals surface area contributed by atoms with Crippen molar-refractivity contribution in [1.29, 1.82) is 0 Å². The first-order valence-electron chi connectivity index (χ1n) is 11.3. The second-order valence-corrected chi connectivity index (χ2v) is 8.17. The number of aryl methyl sites for hydroxylation is 1. The summed E-state index contributed by atoms with van der Waals surface area (Å²) < 4.78 is 5.75. The van der Waals surface area contributed by atoms with Crippen molar-refractivity contribution in [3.63, 3.8) is 0 Å². The smallest absolute Gasteiger partial charge is 0.261 e. The van der Waals surface area contributed by atoms with Crippen molar-refractivity contribution < 1.29 is 14.3 Å². The highest BCUT2D eigenvalue weighted by Gasteiger charge is 2.28. The van der Waals surface area contributed by atoms with Crippen LogP contribution in [0.25, 0.3) is 0 Å². The topological polar surface area (TPSA) is 58.6 Å². The van der Waals surface area contributed by atoms with Gasteiger partial charge in [-0.1, -0.05) is 70.2 Å². The Labute approximate surface area is 186 Å². The van der Waals surface area contributed by atoms with E-state index in [1.54, 1.807) is 4.90 Å². The quantitative estimate of drug-likeness (QED) is 0.554. The number of carbonyl (C=O) groups is 2. The summed E-state index contributed by atoms with van der Waals surface area (Å²) in [6.07, 6.45) is 2.19. The summed E-state index contributed by atoms with van der Waals surface area (Å²) in [6, 6.07) is 17.3. The minimum atomic E-state index is -0.513. The summed E-state index contributed by atoms with van der Waals surface area (Å²) in [4.78, 5) is 27.6. The molecule has 2 aromatic rings. The van der Waals surface area contributed by atoms with Gasteiger partial charge in [-0.2, -0.15) is 0 Å². The molecule has 2 aromatic carbocycles. The van der Waals surface area contributed by atoms with Crippen molar-refractivity contribution in [2.75, 3.05) is 19.7 Å². The number of hydrogen-bond acceptors (Lipinski definition) is 3. The lowest BCUT2D eigenvalue weighted by Gasteiger charge is -2.30. The average Bonchev–Trinajstić information content (AvgIpc) is 2.79. The van der Waals surface area contributed by atoms with Gasteiger partial charge >= 0.3 is 0 Å². The summed E-state index contributed by atoms with van der Waals surface area (Å²) in [5.74, 6) is 0.724. The van der Waals surface area contributed by atoms with Crippen molar-refractivity contribution in [2.45, 2.75) is 53.0 Å². The molecule has 1 atom stereocenters. The Morgan fingerprint density at radius 3 is 2.23 bits per heavy atom. The van der Waals surface area contributed by atoms with E-state index in [1.165, 1.54) is 5.56 Å². The van der Waals surface area contributed by atoms with Gasteiger partial charge < -0.3 is 15.0 Å². The molecule has 31 heavy (non-hydrogen) atoms. The molecule has 168 valence electrons. The molecule has 0 heterocycles. The number of benzene rings is 2. The van der Waals surface area contributed by atoms with Gasteiger partial charge in [-0.25, -0.2) is 0 Å². The van der Waals surface area contributed by atoms with Gasteiger partial charge in [0, 0.05) is 13.1 Å². The molecule has 5 nitrogen and oxygen atoms in total. The third kappa shape index (κ3) is 8.08. The Hall–Kier alpha value is -2.82. The highest BCUT2D eigenvalue weighted by Crippen LogP contribution is 2.14. The standard InChI is InChI=1S/C26H36N2O3/c1-5-21-12-14-23(15-13-21)31-19-25(29)28(17-16-22-10-8-7-9-11-22)24(6-2)26(30)27-18-20(3)4/h7-15,20,24H,5-6,16-19H2,1-4H3,(H,27,30). The number of carbonyl (C=O) groups excluding carboxylic acids is 2. The number of rotatable bonds is 12. The van der Waals surface area contributed by atoms with E-state index >= 15 is 0 Å². The highest BCUT2D eigenvalue weighted by molar-refractivity contribution is 5.88. The SMILES string of the molecule is CCc1ccc(OCC(=O)N(CCc2ccccc2)C(CC)C(=O)NCC(C)C)cc1. The molecule has 0 aromatic heterocycles. The van der Waals surface area contributed by atoms with Crippen molar-refractivity contribution in [3.8, 4) is 5.75 Å². The third-order valence-electron chi connectivity index (χ3n) is 5.25. The molecule has 0 aliphatic heterocycles. The van der Waals surface area contributed by atoms with Crippen LogP contribution < -0.4 is 10.1 Å². The van der Waals surface area contributed by atoms with Crippen LogP contribution in [0.15, 0.2) is 54.6 Å². The molecule has 1 unspecified atom stereocenters. The van der Waals surface area contributed by atoms with E-state index in [2.05, 4.69) is 26.1 Å². The predicted octanol–water partition coefficient (Wildman–Crippen LogP) is 4.25. The van der Waals surface area contributed by atoms with Gasteiger partial charge in [0.2, 0.25) is 5.91 Å². The second-order valence-electron chi connectivity index (χ2n) is 8.17. The van der Waals surface area contributed by atoms with Crippen molar-refractivity contribution >= 4 is 11.8 Å². The molecule has 0 aliphatic rings. The van der Waals surface area contributed by atoms with Gasteiger partial charge in [0.1, 0.15) is 11.8 Å². The third-order valence-corrected chi connectivity index (χ3v) is 5.25. The van der Waals surface area contributed by atoms with Crippen molar-refractivity contribution in [2.24, 2.45) is 5.92 Å². The fraction of sp³-hybridized carbons (Fsp3) is 0.462. The lowest BCUT2D eigenvalue weighted by molar-refractivity contribution is -0.142. The lowest BCUT2D eigenvalue weighted by atomic mass is 10.1. The summed E-state index contributed by atoms with van der Waals surface area (Å²) in [6.45, 7) is 9.11. The van der Waals surface area contributed by atoms with Crippen LogP contribution in [-0.4, -0.2) is 42.5 Å². The van der Waals surface area contributed by atoms with Gasteiger partial charge in [-0.15, -0.1) is 0 Å². The number of nitrogens with zero attached hydrogens (tertiary/aromatic N) is 1. The van der Waals surface area contributed by atoms with Gasteiger partial charge in [0.15, 0.2) is 6.61 Å². The first kappa shape index (κ1) is 24.4. The summed E-state index contributed by atoms with van der Waals surface area (Å²) >= 11 is 0. The summed E-state index contributed by atoms with van der Waals surface area (Å²) in [5.41, 5.74) is 2.35. The molecule has 0 saturated heterocycles. The number of ether oxygens (including phenoxy) is 1. The van der Waals surface area contributed by atoms with Crippen LogP contribution >= 0.6 is 0 Å². The molecule has 0 saturated carbocycles. The van der Waals surface area contributed by atoms with Gasteiger partial charge in [-0.3, -0.25) is 9.59 Å². The zero-order chi connectivity index (χ0) is 22.6. The highest BCUT2D eigenvalue weighted by atomic mass is 16.5.